The largest absolute Gasteiger partial charge is 0.373 e. The van der Waals surface area contributed by atoms with Gasteiger partial charge in [-0.2, -0.15) is 0 Å². The summed E-state index contributed by atoms with van der Waals surface area (Å²) in [4.78, 5) is 0. The molecule has 3 heteroatoms. The molecule has 0 bridgehead atoms. The van der Waals surface area contributed by atoms with Crippen molar-refractivity contribution >= 4 is 0 Å². The Labute approximate surface area is 80.8 Å². The first-order valence-electron chi connectivity index (χ1n) is 4.99. The Morgan fingerprint density at radius 3 is 2.62 bits per heavy atom. The van der Waals surface area contributed by atoms with E-state index in [1.165, 1.54) is 0 Å². The number of ether oxygens (including phenoxy) is 2. The highest BCUT2D eigenvalue weighted by atomic mass is 16.6. The van der Waals surface area contributed by atoms with Crippen LogP contribution in [0.5, 0.6) is 0 Å². The Kier molecular flexibility index (Phi) is 3.71. The monoisotopic (exact) mass is 187 g/mol. The van der Waals surface area contributed by atoms with Crippen LogP contribution in [0, 0.1) is 0 Å². The second kappa shape index (κ2) is 4.40. The molecule has 13 heavy (non-hydrogen) atoms. The molecule has 0 radical (unpaired) electrons. The Morgan fingerprint density at radius 2 is 2.15 bits per heavy atom. The molecule has 1 saturated heterocycles. The first-order valence-corrected chi connectivity index (χ1v) is 4.99. The Bertz CT molecular complexity index is 147. The van der Waals surface area contributed by atoms with Gasteiger partial charge in [0, 0.05) is 13.1 Å². The fourth-order valence-electron chi connectivity index (χ4n) is 1.52. The average Bonchev–Trinajstić information content (AvgIpc) is 2.03. The van der Waals surface area contributed by atoms with Crippen molar-refractivity contribution in [2.24, 2.45) is 0 Å². The van der Waals surface area contributed by atoms with E-state index in [9.17, 15) is 0 Å². The lowest BCUT2D eigenvalue weighted by atomic mass is 10.1. The quantitative estimate of drug-likeness (QED) is 0.704. The molecule has 1 aliphatic heterocycles. The zero-order chi connectivity index (χ0) is 9.90. The Hall–Kier alpha value is -0.120. The van der Waals surface area contributed by atoms with Crippen LogP contribution in [0.4, 0.5) is 0 Å². The lowest BCUT2D eigenvalue weighted by Crippen LogP contribution is -2.46. The molecule has 1 aliphatic rings. The van der Waals surface area contributed by atoms with E-state index in [0.29, 0.717) is 0 Å². The molecule has 2 unspecified atom stereocenters. The van der Waals surface area contributed by atoms with Crippen LogP contribution in [0.1, 0.15) is 27.7 Å². The average molecular weight is 187 g/mol. The van der Waals surface area contributed by atoms with Gasteiger partial charge in [0.15, 0.2) is 0 Å². The van der Waals surface area contributed by atoms with Crippen LogP contribution in [0.2, 0.25) is 0 Å². The molecule has 2 atom stereocenters. The molecular weight excluding hydrogens is 166 g/mol. The Balaban J connectivity index is 2.33. The third-order valence-corrected chi connectivity index (χ3v) is 2.02. The van der Waals surface area contributed by atoms with Crippen molar-refractivity contribution in [2.75, 3.05) is 19.7 Å². The molecule has 0 aromatic rings. The van der Waals surface area contributed by atoms with Gasteiger partial charge in [0.05, 0.1) is 24.4 Å². The van der Waals surface area contributed by atoms with Crippen molar-refractivity contribution in [3.63, 3.8) is 0 Å². The van der Waals surface area contributed by atoms with Crippen LogP contribution in [0.3, 0.4) is 0 Å². The predicted octanol–water partition coefficient (Wildman–Crippen LogP) is 1.18. The van der Waals surface area contributed by atoms with Gasteiger partial charge >= 0.3 is 0 Å². The molecule has 0 aliphatic carbocycles. The van der Waals surface area contributed by atoms with E-state index < -0.39 is 0 Å². The van der Waals surface area contributed by atoms with E-state index in [0.717, 1.165) is 19.7 Å². The predicted molar refractivity (Wildman–Crippen MR) is 52.9 cm³/mol. The fourth-order valence-corrected chi connectivity index (χ4v) is 1.52. The summed E-state index contributed by atoms with van der Waals surface area (Å²) < 4.78 is 11.4. The zero-order valence-corrected chi connectivity index (χ0v) is 9.09. The molecule has 78 valence electrons. The summed E-state index contributed by atoms with van der Waals surface area (Å²) >= 11 is 0. The molecule has 1 fully saturated rings. The highest BCUT2D eigenvalue weighted by Crippen LogP contribution is 2.15. The molecule has 3 nitrogen and oxygen atoms in total. The van der Waals surface area contributed by atoms with Crippen molar-refractivity contribution in [3.05, 3.63) is 0 Å². The van der Waals surface area contributed by atoms with Crippen LogP contribution in [0.25, 0.3) is 0 Å². The minimum absolute atomic E-state index is 0.0831. The van der Waals surface area contributed by atoms with Crippen molar-refractivity contribution in [1.82, 2.24) is 5.32 Å². The standard InChI is InChI=1S/C10H21NO2/c1-8(13-10(2,3)4)9-7-11-5-6-12-9/h8-9,11H,5-7H2,1-4H3. The minimum atomic E-state index is -0.0831. The van der Waals surface area contributed by atoms with E-state index in [1.54, 1.807) is 0 Å². The van der Waals surface area contributed by atoms with Crippen molar-refractivity contribution in [1.29, 1.82) is 0 Å². The highest BCUT2D eigenvalue weighted by molar-refractivity contribution is 4.75. The maximum atomic E-state index is 5.81. The van der Waals surface area contributed by atoms with Gasteiger partial charge < -0.3 is 14.8 Å². The number of rotatable bonds is 2. The fraction of sp³-hybridized carbons (Fsp3) is 1.00. The highest BCUT2D eigenvalue weighted by Gasteiger charge is 2.25. The van der Waals surface area contributed by atoms with E-state index >= 15 is 0 Å². The summed E-state index contributed by atoms with van der Waals surface area (Å²) in [5.74, 6) is 0. The first-order chi connectivity index (χ1) is 5.99. The van der Waals surface area contributed by atoms with Crippen LogP contribution in [0.15, 0.2) is 0 Å². The number of hydrogen-bond acceptors (Lipinski definition) is 3. The SMILES string of the molecule is CC(OC(C)(C)C)C1CNCCO1. The van der Waals surface area contributed by atoms with Gasteiger partial charge in [-0.3, -0.25) is 0 Å². The lowest BCUT2D eigenvalue weighted by molar-refractivity contribution is -0.127. The van der Waals surface area contributed by atoms with Crippen molar-refractivity contribution in [3.8, 4) is 0 Å². The van der Waals surface area contributed by atoms with Gasteiger partial charge in [0.2, 0.25) is 0 Å². The van der Waals surface area contributed by atoms with Crippen LogP contribution in [-0.2, 0) is 9.47 Å². The van der Waals surface area contributed by atoms with Crippen molar-refractivity contribution < 1.29 is 9.47 Å². The van der Waals surface area contributed by atoms with Crippen LogP contribution >= 0.6 is 0 Å². The summed E-state index contributed by atoms with van der Waals surface area (Å²) in [5.41, 5.74) is -0.0831. The van der Waals surface area contributed by atoms with Gasteiger partial charge in [-0.05, 0) is 27.7 Å². The molecule has 0 saturated carbocycles. The van der Waals surface area contributed by atoms with E-state index in [-0.39, 0.29) is 17.8 Å². The molecule has 0 aromatic heterocycles. The summed E-state index contributed by atoms with van der Waals surface area (Å²) in [6.45, 7) is 10.9. The number of nitrogens with one attached hydrogen (secondary N) is 1. The maximum absolute atomic E-state index is 5.81. The molecule has 1 heterocycles. The third-order valence-electron chi connectivity index (χ3n) is 2.02. The first kappa shape index (κ1) is 11.0. The van der Waals surface area contributed by atoms with E-state index in [4.69, 9.17) is 9.47 Å². The zero-order valence-electron chi connectivity index (χ0n) is 9.09. The molecule has 1 N–H and O–H groups in total. The summed E-state index contributed by atoms with van der Waals surface area (Å²) in [6, 6.07) is 0. The van der Waals surface area contributed by atoms with Gasteiger partial charge in [-0.15, -0.1) is 0 Å². The number of morpholine rings is 1. The summed E-state index contributed by atoms with van der Waals surface area (Å²) in [7, 11) is 0. The second-order valence-corrected chi connectivity index (χ2v) is 4.55. The molecule has 0 amide bonds. The molecule has 0 aromatic carbocycles. The summed E-state index contributed by atoms with van der Waals surface area (Å²) in [5, 5.41) is 3.30. The van der Waals surface area contributed by atoms with Crippen LogP contribution < -0.4 is 5.32 Å². The third kappa shape index (κ3) is 4.07. The van der Waals surface area contributed by atoms with Gasteiger partial charge in [0.25, 0.3) is 0 Å². The summed E-state index contributed by atoms with van der Waals surface area (Å²) in [6.07, 6.45) is 0.362. The van der Waals surface area contributed by atoms with Crippen molar-refractivity contribution in [2.45, 2.75) is 45.5 Å². The maximum Gasteiger partial charge on any atom is 0.0958 e. The van der Waals surface area contributed by atoms with Crippen LogP contribution in [-0.4, -0.2) is 37.5 Å². The van der Waals surface area contributed by atoms with E-state index in [1.807, 2.05) is 0 Å². The Morgan fingerprint density at radius 1 is 1.46 bits per heavy atom. The minimum Gasteiger partial charge on any atom is -0.373 e. The molecule has 0 spiro atoms. The topological polar surface area (TPSA) is 30.5 Å². The molecule has 1 rings (SSSR count). The smallest absolute Gasteiger partial charge is 0.0958 e. The lowest BCUT2D eigenvalue weighted by Gasteiger charge is -2.33. The van der Waals surface area contributed by atoms with Gasteiger partial charge in [-0.25, -0.2) is 0 Å². The van der Waals surface area contributed by atoms with Gasteiger partial charge in [0.1, 0.15) is 0 Å². The normalized spacial score (nSPS) is 27.2. The second-order valence-electron chi connectivity index (χ2n) is 4.55. The van der Waals surface area contributed by atoms with Gasteiger partial charge in [-0.1, -0.05) is 0 Å². The number of hydrogen-bond donors (Lipinski definition) is 1. The van der Waals surface area contributed by atoms with E-state index in [2.05, 4.69) is 33.0 Å². The molecular formula is C10H21NO2.